The summed E-state index contributed by atoms with van der Waals surface area (Å²) in [7, 11) is 0. The van der Waals surface area contributed by atoms with Crippen LogP contribution in [0, 0.1) is 5.41 Å². The molecule has 1 unspecified atom stereocenters. The summed E-state index contributed by atoms with van der Waals surface area (Å²) in [4.78, 5) is 0. The summed E-state index contributed by atoms with van der Waals surface area (Å²) >= 11 is 0. The van der Waals surface area contributed by atoms with Crippen molar-refractivity contribution in [3.05, 3.63) is 12.2 Å². The van der Waals surface area contributed by atoms with Gasteiger partial charge in [-0.2, -0.15) is 0 Å². The molecule has 0 saturated heterocycles. The molecule has 0 aliphatic heterocycles. The lowest BCUT2D eigenvalue weighted by Gasteiger charge is -2.31. The molecule has 0 aliphatic carbocycles. The second-order valence-corrected chi connectivity index (χ2v) is 4.51. The molecule has 1 atom stereocenters. The molecule has 0 rings (SSSR count). The van der Waals surface area contributed by atoms with Gasteiger partial charge in [0, 0.05) is 5.41 Å². The van der Waals surface area contributed by atoms with Crippen molar-refractivity contribution in [2.24, 2.45) is 5.41 Å². The lowest BCUT2D eigenvalue weighted by atomic mass is 9.78. The second-order valence-electron chi connectivity index (χ2n) is 4.51. The zero-order valence-electron chi connectivity index (χ0n) is 9.56. The van der Waals surface area contributed by atoms with E-state index in [4.69, 9.17) is 0 Å². The summed E-state index contributed by atoms with van der Waals surface area (Å²) in [6.45, 7) is 12.2. The van der Waals surface area contributed by atoms with Crippen molar-refractivity contribution in [2.45, 2.75) is 59.5 Å². The molecule has 78 valence electrons. The molecule has 0 heterocycles. The number of aliphatic hydroxyl groups is 1. The zero-order chi connectivity index (χ0) is 10.5. The van der Waals surface area contributed by atoms with E-state index < -0.39 is 0 Å². The highest BCUT2D eigenvalue weighted by Gasteiger charge is 2.27. The summed E-state index contributed by atoms with van der Waals surface area (Å²) in [5.74, 6) is 0. The third kappa shape index (κ3) is 3.95. The maximum Gasteiger partial charge on any atom is 0.0628 e. The summed E-state index contributed by atoms with van der Waals surface area (Å²) < 4.78 is 0. The van der Waals surface area contributed by atoms with E-state index in [1.807, 2.05) is 6.92 Å². The molecule has 0 aromatic rings. The zero-order valence-corrected chi connectivity index (χ0v) is 9.56. The summed E-state index contributed by atoms with van der Waals surface area (Å²) in [5, 5.41) is 9.91. The van der Waals surface area contributed by atoms with E-state index in [0.29, 0.717) is 0 Å². The Kier molecular flexibility index (Phi) is 5.31. The molecule has 0 spiro atoms. The largest absolute Gasteiger partial charge is 0.392 e. The molecule has 0 aromatic heterocycles. The summed E-state index contributed by atoms with van der Waals surface area (Å²) in [5.41, 5.74) is 0.935. The van der Waals surface area contributed by atoms with Crippen LogP contribution in [0.25, 0.3) is 0 Å². The Labute approximate surface area is 82.9 Å². The number of rotatable bonds is 6. The van der Waals surface area contributed by atoms with Gasteiger partial charge in [0.05, 0.1) is 6.10 Å². The van der Waals surface area contributed by atoms with Gasteiger partial charge >= 0.3 is 0 Å². The lowest BCUT2D eigenvalue weighted by molar-refractivity contribution is 0.0647. The van der Waals surface area contributed by atoms with Crippen molar-refractivity contribution in [1.29, 1.82) is 0 Å². The first-order valence-electron chi connectivity index (χ1n) is 5.27. The van der Waals surface area contributed by atoms with Gasteiger partial charge in [-0.3, -0.25) is 0 Å². The number of hydrogen-bond acceptors (Lipinski definition) is 1. The van der Waals surface area contributed by atoms with Crippen LogP contribution in [0.5, 0.6) is 0 Å². The number of hydrogen-bond donors (Lipinski definition) is 1. The van der Waals surface area contributed by atoms with Crippen molar-refractivity contribution in [3.63, 3.8) is 0 Å². The standard InChI is InChI=1S/C12H24O/c1-6-7-8-9-11(13)12(4,5)10(2)3/h11,13H,2,6-9H2,1,3-5H3. The molecule has 1 nitrogen and oxygen atoms in total. The fraction of sp³-hybridized carbons (Fsp3) is 0.833. The molecule has 1 N–H and O–H groups in total. The fourth-order valence-electron chi connectivity index (χ4n) is 1.23. The highest BCUT2D eigenvalue weighted by atomic mass is 16.3. The monoisotopic (exact) mass is 184 g/mol. The van der Waals surface area contributed by atoms with Crippen LogP contribution >= 0.6 is 0 Å². The summed E-state index contributed by atoms with van der Waals surface area (Å²) in [6.07, 6.45) is 4.20. The van der Waals surface area contributed by atoms with Crippen molar-refractivity contribution in [1.82, 2.24) is 0 Å². The van der Waals surface area contributed by atoms with Gasteiger partial charge in [0.15, 0.2) is 0 Å². The van der Waals surface area contributed by atoms with Crippen LogP contribution in [-0.4, -0.2) is 11.2 Å². The van der Waals surface area contributed by atoms with Gasteiger partial charge in [0.1, 0.15) is 0 Å². The Morgan fingerprint density at radius 2 is 1.92 bits per heavy atom. The Balaban J connectivity index is 3.94. The van der Waals surface area contributed by atoms with E-state index in [0.717, 1.165) is 18.4 Å². The van der Waals surface area contributed by atoms with Crippen molar-refractivity contribution in [2.75, 3.05) is 0 Å². The van der Waals surface area contributed by atoms with Crippen LogP contribution in [0.1, 0.15) is 53.4 Å². The smallest absolute Gasteiger partial charge is 0.0628 e. The van der Waals surface area contributed by atoms with E-state index in [1.165, 1.54) is 12.8 Å². The second kappa shape index (κ2) is 5.43. The van der Waals surface area contributed by atoms with Gasteiger partial charge < -0.3 is 5.11 Å². The average Bonchev–Trinajstić information content (AvgIpc) is 2.04. The molecule has 0 aliphatic rings. The predicted molar refractivity (Wildman–Crippen MR) is 58.7 cm³/mol. The Hall–Kier alpha value is -0.300. The molecule has 13 heavy (non-hydrogen) atoms. The molecule has 0 saturated carbocycles. The van der Waals surface area contributed by atoms with Crippen LogP contribution in [-0.2, 0) is 0 Å². The molecule has 0 amide bonds. The first-order valence-corrected chi connectivity index (χ1v) is 5.27. The maximum absolute atomic E-state index is 9.91. The van der Waals surface area contributed by atoms with E-state index in [-0.39, 0.29) is 11.5 Å². The highest BCUT2D eigenvalue weighted by Crippen LogP contribution is 2.31. The van der Waals surface area contributed by atoms with Gasteiger partial charge in [0.2, 0.25) is 0 Å². The molecule has 0 radical (unpaired) electrons. The van der Waals surface area contributed by atoms with E-state index in [2.05, 4.69) is 27.4 Å². The van der Waals surface area contributed by atoms with E-state index in [9.17, 15) is 5.11 Å². The molecular formula is C12H24O. The van der Waals surface area contributed by atoms with Crippen LogP contribution in [0.3, 0.4) is 0 Å². The van der Waals surface area contributed by atoms with E-state index in [1.54, 1.807) is 0 Å². The quantitative estimate of drug-likeness (QED) is 0.494. The van der Waals surface area contributed by atoms with Gasteiger partial charge in [-0.05, 0) is 13.3 Å². The van der Waals surface area contributed by atoms with Gasteiger partial charge in [0.25, 0.3) is 0 Å². The third-order valence-electron chi connectivity index (χ3n) is 3.01. The van der Waals surface area contributed by atoms with Gasteiger partial charge in [-0.1, -0.05) is 52.2 Å². The van der Waals surface area contributed by atoms with Gasteiger partial charge in [-0.25, -0.2) is 0 Å². The van der Waals surface area contributed by atoms with Crippen LogP contribution in [0.2, 0.25) is 0 Å². The fourth-order valence-corrected chi connectivity index (χ4v) is 1.23. The van der Waals surface area contributed by atoms with E-state index >= 15 is 0 Å². The Morgan fingerprint density at radius 3 is 2.31 bits per heavy atom. The highest BCUT2D eigenvalue weighted by molar-refractivity contribution is 5.06. The minimum absolute atomic E-state index is 0.131. The average molecular weight is 184 g/mol. The topological polar surface area (TPSA) is 20.2 Å². The molecular weight excluding hydrogens is 160 g/mol. The molecule has 1 heteroatoms. The summed E-state index contributed by atoms with van der Waals surface area (Å²) in [6, 6.07) is 0. The van der Waals surface area contributed by atoms with Crippen LogP contribution in [0.15, 0.2) is 12.2 Å². The normalized spacial score (nSPS) is 14.2. The number of unbranched alkanes of at least 4 members (excludes halogenated alkanes) is 2. The molecule has 0 bridgehead atoms. The molecule has 0 aromatic carbocycles. The van der Waals surface area contributed by atoms with Crippen molar-refractivity contribution in [3.8, 4) is 0 Å². The lowest BCUT2D eigenvalue weighted by Crippen LogP contribution is -2.29. The first-order chi connectivity index (χ1) is 5.92. The molecule has 0 fully saturated rings. The SMILES string of the molecule is C=C(C)C(C)(C)C(O)CCCCC. The van der Waals surface area contributed by atoms with Gasteiger partial charge in [-0.15, -0.1) is 0 Å². The Morgan fingerprint density at radius 1 is 1.38 bits per heavy atom. The van der Waals surface area contributed by atoms with Crippen molar-refractivity contribution >= 4 is 0 Å². The Bertz CT molecular complexity index is 159. The maximum atomic E-state index is 9.91. The first kappa shape index (κ1) is 12.7. The third-order valence-corrected chi connectivity index (χ3v) is 3.01. The van der Waals surface area contributed by atoms with Crippen LogP contribution < -0.4 is 0 Å². The number of aliphatic hydroxyl groups excluding tert-OH is 1. The minimum Gasteiger partial charge on any atom is -0.392 e. The minimum atomic E-state index is -0.239. The van der Waals surface area contributed by atoms with Crippen molar-refractivity contribution < 1.29 is 5.11 Å². The van der Waals surface area contributed by atoms with Crippen LogP contribution in [0.4, 0.5) is 0 Å². The predicted octanol–water partition coefficient (Wildman–Crippen LogP) is 3.53.